The second-order valence-corrected chi connectivity index (χ2v) is 2.06. The fourth-order valence-electron chi connectivity index (χ4n) is 0.500. The highest BCUT2D eigenvalue weighted by Gasteiger charge is 1.88. The Morgan fingerprint density at radius 2 is 2.33 bits per heavy atom. The first-order chi connectivity index (χ1) is 4.31. The predicted molar refractivity (Wildman–Crippen MR) is 38.8 cm³/mol. The van der Waals surface area contributed by atoms with Crippen LogP contribution in [0.2, 0.25) is 0 Å². The number of hydrogen-bond acceptors (Lipinski definition) is 2. The van der Waals surface area contributed by atoms with Crippen LogP contribution in [0.15, 0.2) is 12.2 Å². The van der Waals surface area contributed by atoms with Crippen molar-refractivity contribution < 1.29 is 4.84 Å². The second-order valence-electron chi connectivity index (χ2n) is 2.06. The minimum Gasteiger partial charge on any atom is -0.297 e. The van der Waals surface area contributed by atoms with E-state index in [1.54, 1.807) is 0 Å². The topological polar surface area (TPSA) is 35.2 Å². The standard InChI is InChI=1S/C7H15NO/c1-3-4-5-6-7(2)9-8/h5-7H,3-4,8H2,1-2H3/b6-5+. The molecule has 0 aliphatic rings. The highest BCUT2D eigenvalue weighted by atomic mass is 16.6. The van der Waals surface area contributed by atoms with E-state index in [-0.39, 0.29) is 6.10 Å². The first-order valence-electron chi connectivity index (χ1n) is 3.33. The minimum absolute atomic E-state index is 0.0524. The summed E-state index contributed by atoms with van der Waals surface area (Å²) in [6.45, 7) is 4.05. The molecule has 0 bridgehead atoms. The van der Waals surface area contributed by atoms with Crippen LogP contribution in [-0.4, -0.2) is 6.10 Å². The monoisotopic (exact) mass is 129 g/mol. The largest absolute Gasteiger partial charge is 0.297 e. The molecule has 0 aromatic heterocycles. The molecule has 2 nitrogen and oxygen atoms in total. The van der Waals surface area contributed by atoms with Gasteiger partial charge in [0, 0.05) is 0 Å². The fraction of sp³-hybridized carbons (Fsp3) is 0.714. The van der Waals surface area contributed by atoms with Crippen molar-refractivity contribution in [2.75, 3.05) is 0 Å². The third-order valence-electron chi connectivity index (χ3n) is 1.08. The van der Waals surface area contributed by atoms with Crippen LogP contribution in [0, 0.1) is 0 Å². The fourth-order valence-corrected chi connectivity index (χ4v) is 0.500. The van der Waals surface area contributed by atoms with E-state index in [0.29, 0.717) is 0 Å². The van der Waals surface area contributed by atoms with Crippen LogP contribution >= 0.6 is 0 Å². The van der Waals surface area contributed by atoms with Crippen molar-refractivity contribution in [2.24, 2.45) is 5.90 Å². The third-order valence-corrected chi connectivity index (χ3v) is 1.08. The summed E-state index contributed by atoms with van der Waals surface area (Å²) in [6, 6.07) is 0. The first kappa shape index (κ1) is 8.66. The summed E-state index contributed by atoms with van der Waals surface area (Å²) in [5.41, 5.74) is 0. The number of rotatable bonds is 4. The molecule has 0 fully saturated rings. The zero-order valence-corrected chi connectivity index (χ0v) is 6.13. The summed E-state index contributed by atoms with van der Waals surface area (Å²) in [5.74, 6) is 4.90. The normalized spacial score (nSPS) is 14.6. The van der Waals surface area contributed by atoms with Gasteiger partial charge in [-0.3, -0.25) is 4.84 Å². The van der Waals surface area contributed by atoms with Crippen molar-refractivity contribution in [1.29, 1.82) is 0 Å². The summed E-state index contributed by atoms with van der Waals surface area (Å²) in [6.07, 6.45) is 6.37. The maximum atomic E-state index is 4.90. The highest BCUT2D eigenvalue weighted by Crippen LogP contribution is 1.92. The van der Waals surface area contributed by atoms with Gasteiger partial charge >= 0.3 is 0 Å². The van der Waals surface area contributed by atoms with Gasteiger partial charge in [0.2, 0.25) is 0 Å². The van der Waals surface area contributed by atoms with E-state index in [9.17, 15) is 0 Å². The molecule has 0 radical (unpaired) electrons. The molecule has 1 atom stereocenters. The van der Waals surface area contributed by atoms with Crippen molar-refractivity contribution >= 4 is 0 Å². The van der Waals surface area contributed by atoms with Crippen LogP contribution < -0.4 is 5.90 Å². The van der Waals surface area contributed by atoms with Gasteiger partial charge in [-0.2, -0.15) is 0 Å². The Balaban J connectivity index is 3.20. The van der Waals surface area contributed by atoms with E-state index >= 15 is 0 Å². The molecule has 0 aliphatic heterocycles. The maximum absolute atomic E-state index is 4.90. The van der Waals surface area contributed by atoms with Crippen LogP contribution in [0.5, 0.6) is 0 Å². The molecule has 0 aliphatic carbocycles. The van der Waals surface area contributed by atoms with Crippen molar-refractivity contribution in [3.05, 3.63) is 12.2 Å². The van der Waals surface area contributed by atoms with E-state index in [2.05, 4.69) is 17.8 Å². The Kier molecular flexibility index (Phi) is 5.57. The zero-order valence-electron chi connectivity index (χ0n) is 6.13. The summed E-state index contributed by atoms with van der Waals surface area (Å²) >= 11 is 0. The molecule has 0 rings (SSSR count). The van der Waals surface area contributed by atoms with Gasteiger partial charge in [0.25, 0.3) is 0 Å². The van der Waals surface area contributed by atoms with E-state index in [0.717, 1.165) is 6.42 Å². The Morgan fingerprint density at radius 1 is 1.67 bits per heavy atom. The molecular formula is C7H15NO. The minimum atomic E-state index is 0.0524. The Labute approximate surface area is 56.6 Å². The summed E-state index contributed by atoms with van der Waals surface area (Å²) < 4.78 is 0. The van der Waals surface area contributed by atoms with E-state index < -0.39 is 0 Å². The lowest BCUT2D eigenvalue weighted by molar-refractivity contribution is 0.0992. The lowest BCUT2D eigenvalue weighted by Gasteiger charge is -1.99. The molecule has 0 saturated carbocycles. The van der Waals surface area contributed by atoms with Crippen LogP contribution in [0.25, 0.3) is 0 Å². The van der Waals surface area contributed by atoms with Gasteiger partial charge in [-0.1, -0.05) is 25.5 Å². The lowest BCUT2D eigenvalue weighted by atomic mass is 10.3. The maximum Gasteiger partial charge on any atom is 0.0940 e. The predicted octanol–water partition coefficient (Wildman–Crippen LogP) is 1.62. The third kappa shape index (κ3) is 5.53. The molecule has 0 heterocycles. The number of unbranched alkanes of at least 4 members (excludes halogenated alkanes) is 1. The zero-order chi connectivity index (χ0) is 7.11. The van der Waals surface area contributed by atoms with Crippen molar-refractivity contribution in [3.63, 3.8) is 0 Å². The Bertz CT molecular complexity index is 81.0. The van der Waals surface area contributed by atoms with Gasteiger partial charge in [0.1, 0.15) is 0 Å². The lowest BCUT2D eigenvalue weighted by Crippen LogP contribution is -2.09. The summed E-state index contributed by atoms with van der Waals surface area (Å²) in [4.78, 5) is 4.51. The summed E-state index contributed by atoms with van der Waals surface area (Å²) in [5, 5.41) is 0. The molecule has 2 N–H and O–H groups in total. The van der Waals surface area contributed by atoms with Crippen LogP contribution in [0.3, 0.4) is 0 Å². The molecule has 0 saturated heterocycles. The molecule has 1 unspecified atom stereocenters. The molecule has 0 aromatic rings. The quantitative estimate of drug-likeness (QED) is 0.462. The average Bonchev–Trinajstić information content (AvgIpc) is 1.89. The number of hydrogen-bond donors (Lipinski definition) is 1. The van der Waals surface area contributed by atoms with Crippen LogP contribution in [0.1, 0.15) is 26.7 Å². The molecule has 2 heteroatoms. The van der Waals surface area contributed by atoms with Crippen molar-refractivity contribution in [1.82, 2.24) is 0 Å². The molecule has 0 amide bonds. The SMILES string of the molecule is CCC/C=C/C(C)ON. The molecule has 9 heavy (non-hydrogen) atoms. The Hall–Kier alpha value is -0.340. The van der Waals surface area contributed by atoms with Crippen LogP contribution in [-0.2, 0) is 4.84 Å². The van der Waals surface area contributed by atoms with Gasteiger partial charge in [-0.25, -0.2) is 5.90 Å². The average molecular weight is 129 g/mol. The van der Waals surface area contributed by atoms with Crippen molar-refractivity contribution in [2.45, 2.75) is 32.8 Å². The van der Waals surface area contributed by atoms with E-state index in [1.807, 2.05) is 13.0 Å². The van der Waals surface area contributed by atoms with Crippen LogP contribution in [0.4, 0.5) is 0 Å². The summed E-state index contributed by atoms with van der Waals surface area (Å²) in [7, 11) is 0. The van der Waals surface area contributed by atoms with E-state index in [4.69, 9.17) is 5.90 Å². The molecule has 0 aromatic carbocycles. The first-order valence-corrected chi connectivity index (χ1v) is 3.33. The van der Waals surface area contributed by atoms with Crippen molar-refractivity contribution in [3.8, 4) is 0 Å². The van der Waals surface area contributed by atoms with Gasteiger partial charge in [-0.15, -0.1) is 0 Å². The van der Waals surface area contributed by atoms with Gasteiger partial charge in [0.05, 0.1) is 6.10 Å². The second kappa shape index (κ2) is 5.79. The molecular weight excluding hydrogens is 114 g/mol. The smallest absolute Gasteiger partial charge is 0.0940 e. The number of nitrogens with two attached hydrogens (primary N) is 1. The molecule has 0 spiro atoms. The van der Waals surface area contributed by atoms with E-state index in [1.165, 1.54) is 6.42 Å². The molecule has 54 valence electrons. The van der Waals surface area contributed by atoms with Gasteiger partial charge in [-0.05, 0) is 13.3 Å². The number of allylic oxidation sites excluding steroid dienone is 1. The van der Waals surface area contributed by atoms with Gasteiger partial charge in [0.15, 0.2) is 0 Å². The Morgan fingerprint density at radius 3 is 2.78 bits per heavy atom. The van der Waals surface area contributed by atoms with Gasteiger partial charge < -0.3 is 0 Å². The highest BCUT2D eigenvalue weighted by molar-refractivity contribution is 4.86.